The summed E-state index contributed by atoms with van der Waals surface area (Å²) in [7, 11) is 3.70. The van der Waals surface area contributed by atoms with Gasteiger partial charge in [-0.25, -0.2) is 4.98 Å². The molecule has 0 unspecified atom stereocenters. The number of hydrogen-bond donors (Lipinski definition) is 0. The predicted octanol–water partition coefficient (Wildman–Crippen LogP) is 3.98. The van der Waals surface area contributed by atoms with E-state index < -0.39 is 5.24 Å². The maximum atomic E-state index is 11.6. The summed E-state index contributed by atoms with van der Waals surface area (Å²) in [5, 5.41) is 0.455. The first-order valence-electron chi connectivity index (χ1n) is 6.52. The minimum atomic E-state index is -0.482. The van der Waals surface area contributed by atoms with Crippen molar-refractivity contribution in [3.63, 3.8) is 0 Å². The summed E-state index contributed by atoms with van der Waals surface area (Å²) in [6.07, 6.45) is 0. The van der Waals surface area contributed by atoms with Gasteiger partial charge in [0.25, 0.3) is 5.24 Å². The van der Waals surface area contributed by atoms with Crippen molar-refractivity contribution in [3.8, 4) is 0 Å². The number of nitrogens with zero attached hydrogens (tertiary/aromatic N) is 2. The third kappa shape index (κ3) is 2.78. The Balaban J connectivity index is 2.72. The highest BCUT2D eigenvalue weighted by Gasteiger charge is 2.17. The number of fused-ring (bicyclic) bond motifs is 1. The predicted molar refractivity (Wildman–Crippen MR) is 85.0 cm³/mol. The molecule has 1 heterocycles. The lowest BCUT2D eigenvalue weighted by molar-refractivity contribution is 0.108. The first kappa shape index (κ1) is 14.8. The van der Waals surface area contributed by atoms with Crippen LogP contribution >= 0.6 is 11.6 Å². The van der Waals surface area contributed by atoms with E-state index in [2.05, 4.69) is 37.9 Å². The first-order valence-corrected chi connectivity index (χ1v) is 6.90. The van der Waals surface area contributed by atoms with Gasteiger partial charge in [-0.05, 0) is 40.8 Å². The number of aromatic nitrogens is 1. The molecule has 0 N–H and O–H groups in total. The summed E-state index contributed by atoms with van der Waals surface area (Å²) in [6.45, 7) is 6.47. The Morgan fingerprint density at radius 2 is 1.85 bits per heavy atom. The standard InChI is InChI=1S/C16H19ClN2O/c1-16(2,3)11-6-7-13-10(8-11)9-12(14(17)20)15(18-13)19(4)5/h6-9H,1-5H3. The fourth-order valence-corrected chi connectivity index (χ4v) is 2.26. The molecule has 2 aromatic rings. The summed E-state index contributed by atoms with van der Waals surface area (Å²) in [5.41, 5.74) is 2.57. The molecule has 0 atom stereocenters. The number of carbonyl (C=O) groups is 1. The second-order valence-corrected chi connectivity index (χ2v) is 6.53. The summed E-state index contributed by atoms with van der Waals surface area (Å²) >= 11 is 5.68. The Kier molecular flexibility index (Phi) is 3.74. The third-order valence-corrected chi connectivity index (χ3v) is 3.50. The molecule has 20 heavy (non-hydrogen) atoms. The van der Waals surface area contributed by atoms with E-state index in [0.29, 0.717) is 11.4 Å². The van der Waals surface area contributed by atoms with Gasteiger partial charge < -0.3 is 4.90 Å². The third-order valence-electron chi connectivity index (χ3n) is 3.30. The largest absolute Gasteiger partial charge is 0.362 e. The molecule has 3 nitrogen and oxygen atoms in total. The normalized spacial score (nSPS) is 11.7. The topological polar surface area (TPSA) is 33.2 Å². The first-order chi connectivity index (χ1) is 9.20. The van der Waals surface area contributed by atoms with E-state index >= 15 is 0 Å². The number of anilines is 1. The molecule has 0 aliphatic rings. The number of benzene rings is 1. The Hall–Kier alpha value is -1.61. The van der Waals surface area contributed by atoms with Crippen LogP contribution in [0, 0.1) is 0 Å². The van der Waals surface area contributed by atoms with Crippen LogP contribution in [0.3, 0.4) is 0 Å². The summed E-state index contributed by atoms with van der Waals surface area (Å²) in [4.78, 5) is 17.9. The molecule has 106 valence electrons. The van der Waals surface area contributed by atoms with Crippen LogP contribution in [0.1, 0.15) is 36.7 Å². The fraction of sp³-hybridized carbons (Fsp3) is 0.375. The average molecular weight is 291 g/mol. The van der Waals surface area contributed by atoms with Gasteiger partial charge in [0.05, 0.1) is 11.1 Å². The van der Waals surface area contributed by atoms with Gasteiger partial charge in [-0.15, -0.1) is 0 Å². The molecule has 0 spiro atoms. The van der Waals surface area contributed by atoms with Crippen LogP contribution in [0.5, 0.6) is 0 Å². The molecule has 4 heteroatoms. The van der Waals surface area contributed by atoms with Crippen LogP contribution in [-0.4, -0.2) is 24.3 Å². The van der Waals surface area contributed by atoms with Crippen molar-refractivity contribution in [2.45, 2.75) is 26.2 Å². The van der Waals surface area contributed by atoms with Crippen molar-refractivity contribution in [1.82, 2.24) is 4.98 Å². The van der Waals surface area contributed by atoms with Crippen LogP contribution in [0.25, 0.3) is 10.9 Å². The molecule has 1 aromatic heterocycles. The van der Waals surface area contributed by atoms with E-state index in [0.717, 1.165) is 10.9 Å². The van der Waals surface area contributed by atoms with E-state index in [1.807, 2.05) is 26.2 Å². The molecule has 0 radical (unpaired) electrons. The monoisotopic (exact) mass is 290 g/mol. The Morgan fingerprint density at radius 1 is 1.20 bits per heavy atom. The number of halogens is 1. The molecule has 0 amide bonds. The van der Waals surface area contributed by atoms with Gasteiger partial charge in [-0.1, -0.05) is 26.8 Å². The maximum Gasteiger partial charge on any atom is 0.256 e. The van der Waals surface area contributed by atoms with Crippen LogP contribution in [0.2, 0.25) is 0 Å². The van der Waals surface area contributed by atoms with Crippen LogP contribution in [0.15, 0.2) is 24.3 Å². The molecular weight excluding hydrogens is 272 g/mol. The van der Waals surface area contributed by atoms with Crippen LogP contribution in [0.4, 0.5) is 5.82 Å². The number of rotatable bonds is 2. The van der Waals surface area contributed by atoms with E-state index in [4.69, 9.17) is 11.6 Å². The molecule has 2 rings (SSSR count). The summed E-state index contributed by atoms with van der Waals surface area (Å²) in [6, 6.07) is 7.97. The van der Waals surface area contributed by atoms with Crippen molar-refractivity contribution in [3.05, 3.63) is 35.4 Å². The maximum absolute atomic E-state index is 11.6. The van der Waals surface area contributed by atoms with Gasteiger partial charge in [0.15, 0.2) is 0 Å². The smallest absolute Gasteiger partial charge is 0.256 e. The van der Waals surface area contributed by atoms with Crippen molar-refractivity contribution in [1.29, 1.82) is 0 Å². The van der Waals surface area contributed by atoms with Crippen LogP contribution in [-0.2, 0) is 5.41 Å². The highest BCUT2D eigenvalue weighted by molar-refractivity contribution is 6.68. The molecule has 1 aromatic carbocycles. The van der Waals surface area contributed by atoms with Crippen molar-refractivity contribution < 1.29 is 4.79 Å². The Bertz CT molecular complexity index is 672. The molecule has 0 fully saturated rings. The minimum Gasteiger partial charge on any atom is -0.362 e. The second-order valence-electron chi connectivity index (χ2n) is 6.19. The van der Waals surface area contributed by atoms with Gasteiger partial charge in [-0.3, -0.25) is 4.79 Å². The molecule has 0 saturated carbocycles. The van der Waals surface area contributed by atoms with Gasteiger partial charge in [0.1, 0.15) is 5.82 Å². The van der Waals surface area contributed by atoms with E-state index in [1.54, 1.807) is 4.90 Å². The van der Waals surface area contributed by atoms with Gasteiger partial charge in [-0.2, -0.15) is 0 Å². The van der Waals surface area contributed by atoms with Gasteiger partial charge >= 0.3 is 0 Å². The second kappa shape index (κ2) is 5.06. The van der Waals surface area contributed by atoms with Crippen molar-refractivity contribution in [2.75, 3.05) is 19.0 Å². The molecule has 0 bridgehead atoms. The average Bonchev–Trinajstić information content (AvgIpc) is 2.35. The van der Waals surface area contributed by atoms with Gasteiger partial charge in [0, 0.05) is 19.5 Å². The zero-order chi connectivity index (χ0) is 15.1. The zero-order valence-electron chi connectivity index (χ0n) is 12.5. The SMILES string of the molecule is CN(C)c1nc2ccc(C(C)(C)C)cc2cc1C(=O)Cl. The molecule has 0 aliphatic heterocycles. The number of pyridine rings is 1. The zero-order valence-corrected chi connectivity index (χ0v) is 13.2. The molecular formula is C16H19ClN2O. The summed E-state index contributed by atoms with van der Waals surface area (Å²) in [5.74, 6) is 0.598. The van der Waals surface area contributed by atoms with E-state index in [-0.39, 0.29) is 5.41 Å². The minimum absolute atomic E-state index is 0.0551. The Morgan fingerprint density at radius 3 is 2.35 bits per heavy atom. The van der Waals surface area contributed by atoms with Crippen molar-refractivity contribution >= 4 is 33.6 Å². The molecule has 0 aliphatic carbocycles. The number of hydrogen-bond acceptors (Lipinski definition) is 3. The highest BCUT2D eigenvalue weighted by atomic mass is 35.5. The Labute approximate surface area is 124 Å². The van der Waals surface area contributed by atoms with Gasteiger partial charge in [0.2, 0.25) is 0 Å². The lowest BCUT2D eigenvalue weighted by Crippen LogP contribution is -2.15. The summed E-state index contributed by atoms with van der Waals surface area (Å²) < 4.78 is 0. The van der Waals surface area contributed by atoms with E-state index in [9.17, 15) is 4.79 Å². The van der Waals surface area contributed by atoms with Crippen molar-refractivity contribution in [2.24, 2.45) is 0 Å². The fourth-order valence-electron chi connectivity index (χ4n) is 2.12. The lowest BCUT2D eigenvalue weighted by atomic mass is 9.86. The molecule has 0 saturated heterocycles. The lowest BCUT2D eigenvalue weighted by Gasteiger charge is -2.20. The number of carbonyl (C=O) groups excluding carboxylic acids is 1. The highest BCUT2D eigenvalue weighted by Crippen LogP contribution is 2.28. The quantitative estimate of drug-likeness (QED) is 0.785. The van der Waals surface area contributed by atoms with E-state index in [1.165, 1.54) is 5.56 Å². The van der Waals surface area contributed by atoms with Crippen LogP contribution < -0.4 is 4.90 Å².